The third kappa shape index (κ3) is 2.03. The van der Waals surface area contributed by atoms with Gasteiger partial charge in [0.05, 0.1) is 0 Å². The molecule has 0 amide bonds. The second-order valence-corrected chi connectivity index (χ2v) is 6.63. The van der Waals surface area contributed by atoms with Crippen molar-refractivity contribution >= 4 is 32.2 Å². The average Bonchev–Trinajstić information content (AvgIpc) is 2.63. The first-order valence-electron chi connectivity index (χ1n) is 5.20. The molecule has 2 aromatic carbocycles. The minimum atomic E-state index is -9.66. The van der Waals surface area contributed by atoms with Gasteiger partial charge in [-0.1, -0.05) is 37.6 Å². The van der Waals surface area contributed by atoms with E-state index < -0.39 is 15.1 Å². The smallest absolute Gasteiger partial charge is 0.310 e. The minimum Gasteiger partial charge on any atom is -0.456 e. The summed E-state index contributed by atoms with van der Waals surface area (Å²) in [5, 5.41) is 0.405. The molecular weight excluding hydrogens is 287 g/mol. The van der Waals surface area contributed by atoms with E-state index in [1.54, 1.807) is 18.2 Å². The standard InChI is InChI=1S/C12H7F5OS/c13-19(14,15,16,17)8-5-6-12-10(7-8)9-3-1-2-4-11(9)18-12/h1-7H. The van der Waals surface area contributed by atoms with Crippen LogP contribution in [0.1, 0.15) is 0 Å². The largest absolute Gasteiger partial charge is 0.456 e. The summed E-state index contributed by atoms with van der Waals surface area (Å²) >= 11 is 0. The lowest BCUT2D eigenvalue weighted by molar-refractivity contribution is 0.364. The maximum Gasteiger partial charge on any atom is 0.310 e. The molecule has 0 saturated carbocycles. The molecule has 7 heteroatoms. The summed E-state index contributed by atoms with van der Waals surface area (Å²) < 4.78 is 69.0. The zero-order chi connectivity index (χ0) is 14.0. The maximum absolute atomic E-state index is 12.8. The van der Waals surface area contributed by atoms with Crippen LogP contribution in [0.3, 0.4) is 0 Å². The summed E-state index contributed by atoms with van der Waals surface area (Å²) in [5.74, 6) is 0. The van der Waals surface area contributed by atoms with E-state index >= 15 is 0 Å². The highest BCUT2D eigenvalue weighted by atomic mass is 32.5. The fourth-order valence-electron chi connectivity index (χ4n) is 1.95. The van der Waals surface area contributed by atoms with Crippen LogP contribution in [0.4, 0.5) is 19.4 Å². The van der Waals surface area contributed by atoms with Gasteiger partial charge >= 0.3 is 10.2 Å². The SMILES string of the molecule is FS(F)(F)(F)(F)c1ccc2oc3ccccc3c2c1. The number of benzene rings is 2. The van der Waals surface area contributed by atoms with E-state index in [4.69, 9.17) is 4.42 Å². The molecule has 0 atom stereocenters. The van der Waals surface area contributed by atoms with E-state index in [1.165, 1.54) is 6.07 Å². The molecule has 1 aromatic heterocycles. The Morgan fingerprint density at radius 3 is 2.05 bits per heavy atom. The number of fused-ring (bicyclic) bond motifs is 3. The Bertz CT molecular complexity index is 804. The van der Waals surface area contributed by atoms with Gasteiger partial charge in [0.25, 0.3) is 0 Å². The Morgan fingerprint density at radius 1 is 0.737 bits per heavy atom. The normalized spacial score (nSPS) is 16.5. The lowest BCUT2D eigenvalue weighted by atomic mass is 10.1. The first-order valence-corrected chi connectivity index (χ1v) is 7.15. The van der Waals surface area contributed by atoms with Crippen LogP contribution in [0.15, 0.2) is 51.8 Å². The van der Waals surface area contributed by atoms with Gasteiger partial charge in [0.2, 0.25) is 0 Å². The van der Waals surface area contributed by atoms with Crippen LogP contribution in [0, 0.1) is 0 Å². The third-order valence-electron chi connectivity index (χ3n) is 2.79. The summed E-state index contributed by atoms with van der Waals surface area (Å²) in [7, 11) is -9.66. The van der Waals surface area contributed by atoms with Gasteiger partial charge in [-0.3, -0.25) is 0 Å². The van der Waals surface area contributed by atoms with Crippen molar-refractivity contribution in [3.05, 3.63) is 42.5 Å². The number of para-hydroxylation sites is 1. The fourth-order valence-corrected chi connectivity index (χ4v) is 2.61. The van der Waals surface area contributed by atoms with Gasteiger partial charge in [0.15, 0.2) is 0 Å². The highest BCUT2D eigenvalue weighted by Gasteiger charge is 2.65. The molecule has 19 heavy (non-hydrogen) atoms. The molecule has 0 N–H and O–H groups in total. The Labute approximate surface area is 104 Å². The van der Waals surface area contributed by atoms with E-state index in [2.05, 4.69) is 0 Å². The van der Waals surface area contributed by atoms with Crippen molar-refractivity contribution in [2.24, 2.45) is 0 Å². The third-order valence-corrected chi connectivity index (χ3v) is 3.94. The Kier molecular flexibility index (Phi) is 1.86. The number of halogens is 5. The predicted molar refractivity (Wildman–Crippen MR) is 65.1 cm³/mol. The maximum atomic E-state index is 12.8. The van der Waals surface area contributed by atoms with Crippen molar-refractivity contribution in [3.8, 4) is 0 Å². The number of furan rings is 1. The zero-order valence-electron chi connectivity index (χ0n) is 9.25. The minimum absolute atomic E-state index is 0.0290. The van der Waals surface area contributed by atoms with E-state index in [0.717, 1.165) is 6.07 Å². The van der Waals surface area contributed by atoms with Crippen LogP contribution in [0.2, 0.25) is 0 Å². The van der Waals surface area contributed by atoms with Crippen molar-refractivity contribution in [1.82, 2.24) is 0 Å². The molecule has 3 rings (SSSR count). The topological polar surface area (TPSA) is 13.1 Å². The summed E-state index contributed by atoms with van der Waals surface area (Å²) in [4.78, 5) is -1.90. The fraction of sp³-hybridized carbons (Fsp3) is 0. The molecule has 0 spiro atoms. The second kappa shape index (κ2) is 2.87. The van der Waals surface area contributed by atoms with Crippen molar-refractivity contribution in [2.45, 2.75) is 4.90 Å². The van der Waals surface area contributed by atoms with Gasteiger partial charge < -0.3 is 4.42 Å². The van der Waals surface area contributed by atoms with E-state index in [0.29, 0.717) is 23.1 Å². The molecule has 0 aliphatic rings. The molecule has 0 bridgehead atoms. The van der Waals surface area contributed by atoms with E-state index in [1.807, 2.05) is 0 Å². The number of hydrogen-bond donors (Lipinski definition) is 0. The van der Waals surface area contributed by atoms with Crippen molar-refractivity contribution in [2.75, 3.05) is 0 Å². The lowest BCUT2D eigenvalue weighted by Crippen LogP contribution is -2.05. The Hall–Kier alpha value is -1.76. The Balaban J connectivity index is 2.42. The number of rotatable bonds is 1. The molecular formula is C12H7F5OS. The summed E-state index contributed by atoms with van der Waals surface area (Å²) in [6, 6.07) is 8.06. The molecule has 3 aromatic rings. The quantitative estimate of drug-likeness (QED) is 0.484. The van der Waals surface area contributed by atoms with Gasteiger partial charge in [-0.2, -0.15) is 0 Å². The lowest BCUT2D eigenvalue weighted by Gasteiger charge is -2.40. The van der Waals surface area contributed by atoms with E-state index in [-0.39, 0.29) is 11.0 Å². The summed E-state index contributed by atoms with van der Waals surface area (Å²) in [5.41, 5.74) is 0.503. The average molecular weight is 294 g/mol. The predicted octanol–water partition coefficient (Wildman–Crippen LogP) is 6.24. The highest BCUT2D eigenvalue weighted by molar-refractivity contribution is 8.45. The van der Waals surface area contributed by atoms with Crippen molar-refractivity contribution < 1.29 is 23.8 Å². The van der Waals surface area contributed by atoms with Crippen LogP contribution in [0.5, 0.6) is 0 Å². The second-order valence-electron chi connectivity index (χ2n) is 4.23. The van der Waals surface area contributed by atoms with Crippen LogP contribution >= 0.6 is 10.2 Å². The highest BCUT2D eigenvalue weighted by Crippen LogP contribution is 3.02. The van der Waals surface area contributed by atoms with Crippen LogP contribution in [-0.4, -0.2) is 0 Å². The molecule has 1 heterocycles. The summed E-state index contributed by atoms with van der Waals surface area (Å²) in [6.07, 6.45) is 0. The number of hydrogen-bond acceptors (Lipinski definition) is 1. The summed E-state index contributed by atoms with van der Waals surface area (Å²) in [6.45, 7) is 0. The first-order chi connectivity index (χ1) is 8.54. The van der Waals surface area contributed by atoms with Gasteiger partial charge in [-0.15, -0.1) is 0 Å². The van der Waals surface area contributed by atoms with Gasteiger partial charge in [-0.05, 0) is 24.3 Å². The molecule has 102 valence electrons. The molecule has 1 nitrogen and oxygen atoms in total. The van der Waals surface area contributed by atoms with Crippen LogP contribution < -0.4 is 0 Å². The van der Waals surface area contributed by atoms with Crippen molar-refractivity contribution in [3.63, 3.8) is 0 Å². The van der Waals surface area contributed by atoms with Crippen molar-refractivity contribution in [1.29, 1.82) is 0 Å². The Morgan fingerprint density at radius 2 is 1.37 bits per heavy atom. The van der Waals surface area contributed by atoms with Gasteiger partial charge in [0, 0.05) is 10.8 Å². The molecule has 0 saturated heterocycles. The zero-order valence-corrected chi connectivity index (χ0v) is 10.1. The molecule has 0 radical (unpaired) electrons. The molecule has 0 aliphatic carbocycles. The van der Waals surface area contributed by atoms with Gasteiger partial charge in [-0.25, -0.2) is 0 Å². The van der Waals surface area contributed by atoms with E-state index in [9.17, 15) is 19.4 Å². The molecule has 0 aliphatic heterocycles. The molecule has 0 fully saturated rings. The van der Waals surface area contributed by atoms with Crippen LogP contribution in [0.25, 0.3) is 21.9 Å². The van der Waals surface area contributed by atoms with Crippen LogP contribution in [-0.2, 0) is 0 Å². The van der Waals surface area contributed by atoms with Gasteiger partial charge in [0.1, 0.15) is 16.1 Å². The molecule has 0 unspecified atom stereocenters. The first kappa shape index (κ1) is 12.3. The monoisotopic (exact) mass is 294 g/mol.